The predicted octanol–water partition coefficient (Wildman–Crippen LogP) is 0.411. The molecule has 0 saturated heterocycles. The van der Waals surface area contributed by atoms with Gasteiger partial charge in [-0.1, -0.05) is 0 Å². The molecule has 0 unspecified atom stereocenters. The number of nitrogens with one attached hydrogen (secondary N) is 1. The summed E-state index contributed by atoms with van der Waals surface area (Å²) in [7, 11) is 3.41. The molecule has 0 aliphatic carbocycles. The molecule has 7 nitrogen and oxygen atoms in total. The van der Waals surface area contributed by atoms with Gasteiger partial charge in [-0.3, -0.25) is 4.79 Å². The number of anilines is 2. The lowest BCUT2D eigenvalue weighted by Crippen LogP contribution is -2.37. The van der Waals surface area contributed by atoms with Crippen molar-refractivity contribution in [3.8, 4) is 0 Å². The molecule has 2 aromatic rings. The minimum absolute atomic E-state index is 0.0863. The monoisotopic (exact) mass is 289 g/mol. The van der Waals surface area contributed by atoms with E-state index >= 15 is 0 Å². The fourth-order valence-electron chi connectivity index (χ4n) is 2.00. The number of methoxy groups -OCH3 is 1. The van der Waals surface area contributed by atoms with Crippen LogP contribution < -0.4 is 16.0 Å². The van der Waals surface area contributed by atoms with Crippen LogP contribution in [0.3, 0.4) is 0 Å². The second-order valence-electron chi connectivity index (χ2n) is 4.67. The van der Waals surface area contributed by atoms with Gasteiger partial charge in [-0.05, 0) is 18.2 Å². The lowest BCUT2D eigenvalue weighted by Gasteiger charge is -2.19. The summed E-state index contributed by atoms with van der Waals surface area (Å²) in [5.41, 5.74) is 7.15. The first-order valence-electron chi connectivity index (χ1n) is 6.59. The summed E-state index contributed by atoms with van der Waals surface area (Å²) < 4.78 is 4.89. The van der Waals surface area contributed by atoms with Crippen molar-refractivity contribution in [2.75, 3.05) is 44.5 Å². The molecule has 0 atom stereocenters. The summed E-state index contributed by atoms with van der Waals surface area (Å²) in [5, 5.41) is 3.63. The highest BCUT2D eigenvalue weighted by molar-refractivity contribution is 5.92. The van der Waals surface area contributed by atoms with Crippen LogP contribution in [0.15, 0.2) is 24.5 Å². The van der Waals surface area contributed by atoms with E-state index in [0.29, 0.717) is 24.7 Å². The summed E-state index contributed by atoms with van der Waals surface area (Å²) in [6.45, 7) is 1.19. The molecule has 1 amide bonds. The Morgan fingerprint density at radius 3 is 3.00 bits per heavy atom. The molecule has 0 fully saturated rings. The molecule has 0 saturated carbocycles. The number of ether oxygens (including phenoxy) is 1. The Bertz CT molecular complexity index is 632. The fraction of sp³-hybridized carbons (Fsp3) is 0.357. The first-order valence-corrected chi connectivity index (χ1v) is 6.59. The molecular weight excluding hydrogens is 270 g/mol. The van der Waals surface area contributed by atoms with Crippen LogP contribution in [-0.2, 0) is 9.53 Å². The van der Waals surface area contributed by atoms with Crippen molar-refractivity contribution in [2.45, 2.75) is 0 Å². The van der Waals surface area contributed by atoms with Crippen LogP contribution in [0, 0.1) is 0 Å². The third kappa shape index (κ3) is 3.79. The summed E-state index contributed by atoms with van der Waals surface area (Å²) in [6, 6.07) is 5.44. The van der Waals surface area contributed by atoms with Gasteiger partial charge in [0.15, 0.2) is 0 Å². The van der Waals surface area contributed by atoms with Crippen molar-refractivity contribution in [1.29, 1.82) is 0 Å². The number of aromatic nitrogens is 2. The second-order valence-corrected chi connectivity index (χ2v) is 4.67. The minimum atomic E-state index is -0.0863. The Morgan fingerprint density at radius 2 is 2.24 bits per heavy atom. The molecule has 0 aliphatic rings. The average Bonchev–Trinajstić information content (AvgIpc) is 2.46. The van der Waals surface area contributed by atoms with E-state index in [1.54, 1.807) is 24.1 Å². The van der Waals surface area contributed by atoms with Crippen LogP contribution in [0.1, 0.15) is 0 Å². The number of rotatable bonds is 6. The van der Waals surface area contributed by atoms with Crippen LogP contribution in [0.5, 0.6) is 0 Å². The Kier molecular flexibility index (Phi) is 4.89. The maximum absolute atomic E-state index is 11.8. The van der Waals surface area contributed by atoms with E-state index in [1.807, 2.05) is 13.1 Å². The van der Waals surface area contributed by atoms with Gasteiger partial charge in [-0.2, -0.15) is 0 Å². The van der Waals surface area contributed by atoms with Gasteiger partial charge in [0.25, 0.3) is 0 Å². The van der Waals surface area contributed by atoms with Gasteiger partial charge < -0.3 is 20.7 Å². The maximum atomic E-state index is 11.8. The molecule has 21 heavy (non-hydrogen) atoms. The van der Waals surface area contributed by atoms with E-state index in [1.165, 1.54) is 6.33 Å². The molecular formula is C14H19N5O2. The smallest absolute Gasteiger partial charge is 0.239 e. The lowest BCUT2D eigenvalue weighted by molar-refractivity contribution is -0.119. The Balaban J connectivity index is 2.12. The maximum Gasteiger partial charge on any atom is 0.239 e. The number of amides is 1. The zero-order valence-corrected chi connectivity index (χ0v) is 12.2. The Hall–Kier alpha value is -2.41. The number of carbonyl (C=O) groups is 1. The SMILES string of the molecule is COCCNC(=O)CN(C)c1ncnc2cc(N)ccc12. The van der Waals surface area contributed by atoms with Gasteiger partial charge in [0.1, 0.15) is 12.1 Å². The van der Waals surface area contributed by atoms with E-state index in [9.17, 15) is 4.79 Å². The quantitative estimate of drug-likeness (QED) is 0.591. The lowest BCUT2D eigenvalue weighted by atomic mass is 10.2. The highest BCUT2D eigenvalue weighted by Gasteiger charge is 2.12. The molecule has 0 bridgehead atoms. The predicted molar refractivity (Wildman–Crippen MR) is 82.1 cm³/mol. The standard InChI is InChI=1S/C14H19N5O2/c1-19(8-13(20)16-5-6-21-2)14-11-4-3-10(15)7-12(11)17-9-18-14/h3-4,7,9H,5-6,8,15H2,1-2H3,(H,16,20). The van der Waals surface area contributed by atoms with E-state index in [-0.39, 0.29) is 12.5 Å². The van der Waals surface area contributed by atoms with Gasteiger partial charge in [0.2, 0.25) is 5.91 Å². The largest absolute Gasteiger partial charge is 0.399 e. The minimum Gasteiger partial charge on any atom is -0.399 e. The molecule has 1 aromatic carbocycles. The molecule has 1 heterocycles. The molecule has 7 heteroatoms. The zero-order valence-electron chi connectivity index (χ0n) is 12.2. The number of hydrogen-bond acceptors (Lipinski definition) is 6. The normalized spacial score (nSPS) is 10.6. The highest BCUT2D eigenvalue weighted by atomic mass is 16.5. The van der Waals surface area contributed by atoms with Crippen LogP contribution in [0.2, 0.25) is 0 Å². The fourth-order valence-corrected chi connectivity index (χ4v) is 2.00. The third-order valence-electron chi connectivity index (χ3n) is 3.01. The zero-order chi connectivity index (χ0) is 15.2. The van der Waals surface area contributed by atoms with Crippen molar-refractivity contribution >= 4 is 28.3 Å². The van der Waals surface area contributed by atoms with Gasteiger partial charge in [-0.15, -0.1) is 0 Å². The van der Waals surface area contributed by atoms with E-state index in [0.717, 1.165) is 10.9 Å². The third-order valence-corrected chi connectivity index (χ3v) is 3.01. The molecule has 0 radical (unpaired) electrons. The van der Waals surface area contributed by atoms with Crippen molar-refractivity contribution in [3.05, 3.63) is 24.5 Å². The topological polar surface area (TPSA) is 93.4 Å². The molecule has 0 spiro atoms. The van der Waals surface area contributed by atoms with Crippen molar-refractivity contribution < 1.29 is 9.53 Å². The number of hydrogen-bond donors (Lipinski definition) is 2. The summed E-state index contributed by atoms with van der Waals surface area (Å²) >= 11 is 0. The molecule has 0 aliphatic heterocycles. The number of nitrogen functional groups attached to an aromatic ring is 1. The van der Waals surface area contributed by atoms with Gasteiger partial charge in [0.05, 0.1) is 18.7 Å². The van der Waals surface area contributed by atoms with Crippen LogP contribution in [-0.4, -0.2) is 49.7 Å². The first-order chi connectivity index (χ1) is 10.1. The van der Waals surface area contributed by atoms with Crippen LogP contribution >= 0.6 is 0 Å². The van der Waals surface area contributed by atoms with Gasteiger partial charge >= 0.3 is 0 Å². The highest BCUT2D eigenvalue weighted by Crippen LogP contribution is 2.23. The van der Waals surface area contributed by atoms with Crippen molar-refractivity contribution in [1.82, 2.24) is 15.3 Å². The number of fused-ring (bicyclic) bond motifs is 1. The number of nitrogens with two attached hydrogens (primary N) is 1. The molecule has 1 aromatic heterocycles. The number of benzene rings is 1. The van der Waals surface area contributed by atoms with Gasteiger partial charge in [0, 0.05) is 31.8 Å². The summed E-state index contributed by atoms with van der Waals surface area (Å²) in [4.78, 5) is 22.0. The van der Waals surface area contributed by atoms with E-state index in [4.69, 9.17) is 10.5 Å². The Morgan fingerprint density at radius 1 is 1.43 bits per heavy atom. The summed E-state index contributed by atoms with van der Waals surface area (Å²) in [5.74, 6) is 0.610. The van der Waals surface area contributed by atoms with Crippen molar-refractivity contribution in [3.63, 3.8) is 0 Å². The molecule has 3 N–H and O–H groups in total. The van der Waals surface area contributed by atoms with E-state index < -0.39 is 0 Å². The Labute approximate surface area is 123 Å². The molecule has 112 valence electrons. The number of carbonyl (C=O) groups excluding carboxylic acids is 1. The second kappa shape index (κ2) is 6.85. The van der Waals surface area contributed by atoms with E-state index in [2.05, 4.69) is 15.3 Å². The average molecular weight is 289 g/mol. The van der Waals surface area contributed by atoms with Gasteiger partial charge in [-0.25, -0.2) is 9.97 Å². The van der Waals surface area contributed by atoms with Crippen LogP contribution in [0.25, 0.3) is 10.9 Å². The van der Waals surface area contributed by atoms with Crippen molar-refractivity contribution in [2.24, 2.45) is 0 Å². The van der Waals surface area contributed by atoms with Crippen LogP contribution in [0.4, 0.5) is 11.5 Å². The summed E-state index contributed by atoms with van der Waals surface area (Å²) in [6.07, 6.45) is 1.47. The first kappa shape index (κ1) is 15.0. The number of likely N-dealkylation sites (N-methyl/N-ethyl adjacent to an activating group) is 1. The number of nitrogens with zero attached hydrogens (tertiary/aromatic N) is 3. The molecule has 2 rings (SSSR count).